The summed E-state index contributed by atoms with van der Waals surface area (Å²) in [5, 5.41) is 0. The van der Waals surface area contributed by atoms with Crippen LogP contribution in [0.2, 0.25) is 0 Å². The third kappa shape index (κ3) is 4.44. The lowest BCUT2D eigenvalue weighted by molar-refractivity contribution is -0.128. The van der Waals surface area contributed by atoms with Crippen molar-refractivity contribution in [2.75, 3.05) is 0 Å². The van der Waals surface area contributed by atoms with Crippen LogP contribution in [0, 0.1) is 5.41 Å². The van der Waals surface area contributed by atoms with Crippen molar-refractivity contribution in [3.8, 4) is 0 Å². The predicted molar refractivity (Wildman–Crippen MR) is 112 cm³/mol. The van der Waals surface area contributed by atoms with E-state index in [0.29, 0.717) is 0 Å². The number of Topliss-reactive ketones (excluding diaryl/α,β-unsaturated/α-hetero) is 1. The number of carbonyl (C=O) groups excluding carboxylic acids is 1. The molecule has 0 radical (unpaired) electrons. The van der Waals surface area contributed by atoms with E-state index in [1.165, 1.54) is 11.1 Å². The molecule has 0 N–H and O–H groups in total. The molecule has 0 saturated carbocycles. The summed E-state index contributed by atoms with van der Waals surface area (Å²) in [4.78, 5) is 12.8. The molecule has 0 heterocycles. The normalized spacial score (nSPS) is 16.5. The van der Waals surface area contributed by atoms with Crippen LogP contribution in [0.5, 0.6) is 0 Å². The topological polar surface area (TPSA) is 17.1 Å². The molecule has 0 aliphatic carbocycles. The van der Waals surface area contributed by atoms with E-state index in [1.807, 2.05) is 6.07 Å². The Kier molecular flexibility index (Phi) is 6.11. The second-order valence-electron chi connectivity index (χ2n) is 9.00. The van der Waals surface area contributed by atoms with E-state index in [4.69, 9.17) is 0 Å². The van der Waals surface area contributed by atoms with Gasteiger partial charge in [0.05, 0.1) is 0 Å². The van der Waals surface area contributed by atoms with Crippen LogP contribution in [0.15, 0.2) is 60.7 Å². The Morgan fingerprint density at radius 1 is 0.769 bits per heavy atom. The number of rotatable bonds is 8. The number of benzene rings is 2. The first kappa shape index (κ1) is 20.4. The van der Waals surface area contributed by atoms with Crippen LogP contribution in [0.25, 0.3) is 0 Å². The highest BCUT2D eigenvalue weighted by Crippen LogP contribution is 2.46. The van der Waals surface area contributed by atoms with E-state index in [0.717, 1.165) is 19.3 Å². The number of hydrogen-bond acceptors (Lipinski definition) is 1. The molecular formula is C25H34O. The van der Waals surface area contributed by atoms with Crippen molar-refractivity contribution >= 4 is 5.78 Å². The Morgan fingerprint density at radius 2 is 1.23 bits per heavy atom. The van der Waals surface area contributed by atoms with Gasteiger partial charge in [0.2, 0.25) is 0 Å². The SMILES string of the molecule is CCC(C)(CC(C)(CC(C)(C)c1ccccc1)C(C)=O)c1ccccc1. The minimum atomic E-state index is -0.361. The smallest absolute Gasteiger partial charge is 0.135 e. The first-order valence-corrected chi connectivity index (χ1v) is 9.75. The highest BCUT2D eigenvalue weighted by atomic mass is 16.1. The highest BCUT2D eigenvalue weighted by molar-refractivity contribution is 5.82. The van der Waals surface area contributed by atoms with Gasteiger partial charge in [0.1, 0.15) is 5.78 Å². The summed E-state index contributed by atoms with van der Waals surface area (Å²) in [7, 11) is 0. The van der Waals surface area contributed by atoms with Gasteiger partial charge >= 0.3 is 0 Å². The zero-order chi connectivity index (χ0) is 19.4. The molecule has 0 aromatic heterocycles. The van der Waals surface area contributed by atoms with Crippen LogP contribution in [-0.4, -0.2) is 5.78 Å². The van der Waals surface area contributed by atoms with Crippen molar-refractivity contribution in [1.29, 1.82) is 0 Å². The van der Waals surface area contributed by atoms with Crippen LogP contribution in [0.3, 0.4) is 0 Å². The lowest BCUT2D eigenvalue weighted by Crippen LogP contribution is -2.39. The molecule has 0 aliphatic heterocycles. The quantitative estimate of drug-likeness (QED) is 0.517. The summed E-state index contributed by atoms with van der Waals surface area (Å²) in [6.07, 6.45) is 2.74. The summed E-state index contributed by atoms with van der Waals surface area (Å²) < 4.78 is 0. The summed E-state index contributed by atoms with van der Waals surface area (Å²) in [6.45, 7) is 13.0. The fourth-order valence-corrected chi connectivity index (χ4v) is 4.41. The standard InChI is InChI=1S/C25H34O/c1-7-24(5,22-16-12-9-13-17-22)19-25(6,20(2)26)18-23(3,4)21-14-10-8-11-15-21/h8-17H,7,18-19H2,1-6H3. The van der Waals surface area contributed by atoms with Gasteiger partial charge < -0.3 is 0 Å². The Morgan fingerprint density at radius 3 is 1.65 bits per heavy atom. The van der Waals surface area contributed by atoms with Gasteiger partial charge in [0.15, 0.2) is 0 Å². The van der Waals surface area contributed by atoms with Gasteiger partial charge in [-0.2, -0.15) is 0 Å². The third-order valence-corrected chi connectivity index (χ3v) is 6.27. The lowest BCUT2D eigenvalue weighted by Gasteiger charge is -2.42. The van der Waals surface area contributed by atoms with Crippen LogP contribution in [0.4, 0.5) is 0 Å². The first-order chi connectivity index (χ1) is 12.1. The average molecular weight is 351 g/mol. The van der Waals surface area contributed by atoms with Gasteiger partial charge in [0.25, 0.3) is 0 Å². The molecule has 1 heteroatoms. The monoisotopic (exact) mass is 350 g/mol. The molecule has 0 fully saturated rings. The van der Waals surface area contributed by atoms with E-state index in [1.54, 1.807) is 6.92 Å². The maximum absolute atomic E-state index is 12.8. The maximum atomic E-state index is 12.8. The largest absolute Gasteiger partial charge is 0.299 e. The van der Waals surface area contributed by atoms with E-state index in [9.17, 15) is 4.79 Å². The molecule has 2 unspecified atom stereocenters. The average Bonchev–Trinajstić information content (AvgIpc) is 2.62. The molecule has 2 atom stereocenters. The summed E-state index contributed by atoms with van der Waals surface area (Å²) in [6, 6.07) is 21.2. The second kappa shape index (κ2) is 7.78. The van der Waals surface area contributed by atoms with E-state index < -0.39 is 0 Å². The fraction of sp³-hybridized carbons (Fsp3) is 0.480. The van der Waals surface area contributed by atoms with Gasteiger partial charge in [-0.15, -0.1) is 0 Å². The van der Waals surface area contributed by atoms with Gasteiger partial charge in [-0.25, -0.2) is 0 Å². The molecule has 0 aliphatic rings. The molecule has 0 saturated heterocycles. The number of hydrogen-bond donors (Lipinski definition) is 0. The van der Waals surface area contributed by atoms with Gasteiger partial charge in [0, 0.05) is 5.41 Å². The summed E-state index contributed by atoms with van der Waals surface area (Å²) in [5.74, 6) is 0.289. The van der Waals surface area contributed by atoms with Gasteiger partial charge in [-0.3, -0.25) is 4.79 Å². The molecule has 2 aromatic carbocycles. The van der Waals surface area contributed by atoms with Crippen molar-refractivity contribution < 1.29 is 4.79 Å². The predicted octanol–water partition coefficient (Wildman–Crippen LogP) is 6.71. The number of ketones is 1. The fourth-order valence-electron chi connectivity index (χ4n) is 4.41. The zero-order valence-corrected chi connectivity index (χ0v) is 17.3. The molecule has 2 aromatic rings. The molecular weight excluding hydrogens is 316 g/mol. The Hall–Kier alpha value is -1.89. The van der Waals surface area contributed by atoms with Crippen molar-refractivity contribution in [2.45, 2.75) is 71.6 Å². The maximum Gasteiger partial charge on any atom is 0.135 e. The molecule has 0 amide bonds. The van der Waals surface area contributed by atoms with Gasteiger partial charge in [-0.05, 0) is 48.1 Å². The molecule has 0 bridgehead atoms. The van der Waals surface area contributed by atoms with Crippen molar-refractivity contribution in [2.24, 2.45) is 5.41 Å². The van der Waals surface area contributed by atoms with E-state index in [-0.39, 0.29) is 22.0 Å². The summed E-state index contributed by atoms with van der Waals surface area (Å²) >= 11 is 0. The van der Waals surface area contributed by atoms with Crippen molar-refractivity contribution in [3.63, 3.8) is 0 Å². The minimum Gasteiger partial charge on any atom is -0.299 e. The Balaban J connectivity index is 2.36. The van der Waals surface area contributed by atoms with Crippen molar-refractivity contribution in [3.05, 3.63) is 71.8 Å². The minimum absolute atomic E-state index is 0.00551. The van der Waals surface area contributed by atoms with Crippen LogP contribution >= 0.6 is 0 Å². The Labute approximate surface area is 159 Å². The second-order valence-corrected chi connectivity index (χ2v) is 9.00. The van der Waals surface area contributed by atoms with Crippen molar-refractivity contribution in [1.82, 2.24) is 0 Å². The zero-order valence-electron chi connectivity index (χ0n) is 17.3. The van der Waals surface area contributed by atoms with Gasteiger partial charge in [-0.1, -0.05) is 95.3 Å². The van der Waals surface area contributed by atoms with E-state index >= 15 is 0 Å². The molecule has 2 rings (SSSR count). The third-order valence-electron chi connectivity index (χ3n) is 6.27. The highest BCUT2D eigenvalue weighted by Gasteiger charge is 2.42. The van der Waals surface area contributed by atoms with Crippen LogP contribution in [0.1, 0.15) is 71.9 Å². The first-order valence-electron chi connectivity index (χ1n) is 9.75. The van der Waals surface area contributed by atoms with Crippen LogP contribution in [-0.2, 0) is 15.6 Å². The molecule has 0 spiro atoms. The molecule has 26 heavy (non-hydrogen) atoms. The van der Waals surface area contributed by atoms with Crippen LogP contribution < -0.4 is 0 Å². The summed E-state index contributed by atoms with van der Waals surface area (Å²) in [5.41, 5.74) is 2.21. The lowest BCUT2D eigenvalue weighted by atomic mass is 9.61. The Bertz CT molecular complexity index is 716. The number of carbonyl (C=O) groups is 1. The molecule has 1 nitrogen and oxygen atoms in total. The molecule has 140 valence electrons. The van der Waals surface area contributed by atoms with E-state index in [2.05, 4.69) is 89.2 Å².